The Morgan fingerprint density at radius 2 is 1.86 bits per heavy atom. The molecule has 1 aliphatic rings. The highest BCUT2D eigenvalue weighted by Crippen LogP contribution is 2.22. The molecule has 2 aromatic carbocycles. The van der Waals surface area contributed by atoms with Crippen molar-refractivity contribution < 1.29 is 4.79 Å². The summed E-state index contributed by atoms with van der Waals surface area (Å²) < 4.78 is 0. The van der Waals surface area contributed by atoms with Crippen molar-refractivity contribution in [3.8, 4) is 0 Å². The van der Waals surface area contributed by atoms with E-state index in [-0.39, 0.29) is 24.0 Å². The molecule has 0 spiro atoms. The number of hydrogen-bond donors (Lipinski definition) is 2. The third-order valence-electron chi connectivity index (χ3n) is 4.64. The molecule has 0 unspecified atom stereocenters. The van der Waals surface area contributed by atoms with Gasteiger partial charge in [-0.2, -0.15) is 0 Å². The van der Waals surface area contributed by atoms with Crippen molar-refractivity contribution in [2.24, 2.45) is 10.7 Å². The lowest BCUT2D eigenvalue weighted by atomic mass is 10.00. The lowest BCUT2D eigenvalue weighted by Crippen LogP contribution is -2.43. The largest absolute Gasteiger partial charge is 0.366 e. The molecule has 5 nitrogen and oxygen atoms in total. The van der Waals surface area contributed by atoms with Crippen molar-refractivity contribution in [2.45, 2.75) is 19.9 Å². The Labute approximate surface area is 183 Å². The molecular formula is C22H27IN4O. The maximum Gasteiger partial charge on any atom is 0.248 e. The number of carbonyl (C=O) groups is 1. The van der Waals surface area contributed by atoms with Crippen molar-refractivity contribution in [1.82, 2.24) is 10.2 Å². The molecule has 0 saturated carbocycles. The van der Waals surface area contributed by atoms with Gasteiger partial charge in [-0.25, -0.2) is 4.99 Å². The molecule has 0 saturated heterocycles. The second kappa shape index (κ2) is 10.8. The van der Waals surface area contributed by atoms with Crippen LogP contribution < -0.4 is 11.1 Å². The molecule has 0 aliphatic carbocycles. The number of nitrogens with two attached hydrogens (primary N) is 1. The highest BCUT2D eigenvalue weighted by molar-refractivity contribution is 14.0. The fourth-order valence-electron chi connectivity index (χ4n) is 3.14. The van der Waals surface area contributed by atoms with Gasteiger partial charge >= 0.3 is 0 Å². The van der Waals surface area contributed by atoms with Crippen LogP contribution in [0.3, 0.4) is 0 Å². The second-order valence-corrected chi connectivity index (χ2v) is 6.52. The maximum atomic E-state index is 11.2. The highest BCUT2D eigenvalue weighted by atomic mass is 127. The number of hydrogen-bond acceptors (Lipinski definition) is 2. The summed E-state index contributed by atoms with van der Waals surface area (Å²) in [6.07, 6.45) is 3.29. The molecule has 1 aliphatic heterocycles. The lowest BCUT2D eigenvalue weighted by molar-refractivity contribution is 0.100. The third-order valence-corrected chi connectivity index (χ3v) is 4.64. The van der Waals surface area contributed by atoms with E-state index in [4.69, 9.17) is 10.7 Å². The summed E-state index contributed by atoms with van der Waals surface area (Å²) in [7, 11) is 0. The van der Waals surface area contributed by atoms with Gasteiger partial charge in [0.1, 0.15) is 0 Å². The number of guanidine groups is 1. The number of rotatable bonds is 5. The van der Waals surface area contributed by atoms with Crippen LogP contribution in [-0.4, -0.2) is 36.4 Å². The molecule has 1 amide bonds. The van der Waals surface area contributed by atoms with Gasteiger partial charge in [0.15, 0.2) is 5.96 Å². The summed E-state index contributed by atoms with van der Waals surface area (Å²) in [6, 6.07) is 17.8. The fourth-order valence-corrected chi connectivity index (χ4v) is 3.14. The average molecular weight is 490 g/mol. The molecule has 0 fully saturated rings. The summed E-state index contributed by atoms with van der Waals surface area (Å²) in [5, 5.41) is 3.38. The van der Waals surface area contributed by atoms with Crippen molar-refractivity contribution in [2.75, 3.05) is 19.6 Å². The number of nitrogens with zero attached hydrogens (tertiary/aromatic N) is 2. The zero-order valence-electron chi connectivity index (χ0n) is 16.1. The van der Waals surface area contributed by atoms with Crippen LogP contribution in [-0.2, 0) is 6.54 Å². The summed E-state index contributed by atoms with van der Waals surface area (Å²) in [5.74, 6) is 0.507. The van der Waals surface area contributed by atoms with E-state index in [2.05, 4.69) is 47.5 Å². The Hall–Kier alpha value is -2.35. The van der Waals surface area contributed by atoms with E-state index >= 15 is 0 Å². The number of primary amides is 1. The summed E-state index contributed by atoms with van der Waals surface area (Å²) >= 11 is 0. The molecule has 2 aromatic rings. The van der Waals surface area contributed by atoms with Gasteiger partial charge in [0.25, 0.3) is 0 Å². The predicted molar refractivity (Wildman–Crippen MR) is 126 cm³/mol. The molecule has 1 heterocycles. The van der Waals surface area contributed by atoms with E-state index in [9.17, 15) is 4.79 Å². The van der Waals surface area contributed by atoms with Crippen molar-refractivity contribution in [3.05, 3.63) is 77.4 Å². The molecule has 6 heteroatoms. The minimum Gasteiger partial charge on any atom is -0.366 e. The number of carbonyl (C=O) groups excluding carboxylic acids is 1. The molecule has 3 N–H and O–H groups in total. The molecule has 3 rings (SSSR count). The molecule has 0 aromatic heterocycles. The summed E-state index contributed by atoms with van der Waals surface area (Å²) in [4.78, 5) is 18.2. The van der Waals surface area contributed by atoms with Crippen LogP contribution in [0.2, 0.25) is 0 Å². The van der Waals surface area contributed by atoms with E-state index in [1.807, 2.05) is 18.2 Å². The van der Waals surface area contributed by atoms with E-state index in [1.54, 1.807) is 12.1 Å². The predicted octanol–water partition coefficient (Wildman–Crippen LogP) is 3.66. The SMILES string of the molecule is CCNC(=NCc1ccc(C(N)=O)cc1)N1CC=C(c2ccccc2)CC1.I. The summed E-state index contributed by atoms with van der Waals surface area (Å²) in [6.45, 7) is 5.24. The standard InChI is InChI=1S/C22H26N4O.HI/c1-2-24-22(25-16-17-8-10-20(11-9-17)21(23)27)26-14-12-19(13-15-26)18-6-4-3-5-7-18;/h3-12H,2,13-16H2,1H3,(H2,23,27)(H,24,25);1H. The van der Waals surface area contributed by atoms with Crippen molar-refractivity contribution in [1.29, 1.82) is 0 Å². The van der Waals surface area contributed by atoms with Gasteiger partial charge in [-0.05, 0) is 42.2 Å². The van der Waals surface area contributed by atoms with Crippen molar-refractivity contribution >= 4 is 41.4 Å². The molecule has 0 atom stereocenters. The van der Waals surface area contributed by atoms with E-state index < -0.39 is 5.91 Å². The number of halogens is 1. The Morgan fingerprint density at radius 1 is 1.14 bits per heavy atom. The van der Waals surface area contributed by atoms with E-state index in [0.29, 0.717) is 12.1 Å². The number of nitrogens with one attached hydrogen (secondary N) is 1. The first kappa shape index (κ1) is 21.9. The van der Waals surface area contributed by atoms with Crippen LogP contribution in [0.4, 0.5) is 0 Å². The monoisotopic (exact) mass is 490 g/mol. The van der Waals surface area contributed by atoms with Crippen LogP contribution in [0.1, 0.15) is 34.8 Å². The Kier molecular flexibility index (Phi) is 8.50. The van der Waals surface area contributed by atoms with Crippen LogP contribution in [0.5, 0.6) is 0 Å². The van der Waals surface area contributed by atoms with Gasteiger partial charge in [-0.15, -0.1) is 24.0 Å². The molecular weight excluding hydrogens is 463 g/mol. The third kappa shape index (κ3) is 5.82. The Balaban J connectivity index is 0.00000280. The maximum absolute atomic E-state index is 11.2. The van der Waals surface area contributed by atoms with Gasteiger partial charge in [0.05, 0.1) is 6.54 Å². The first-order valence-electron chi connectivity index (χ1n) is 9.34. The Morgan fingerprint density at radius 3 is 2.43 bits per heavy atom. The van der Waals surface area contributed by atoms with E-state index in [1.165, 1.54) is 11.1 Å². The van der Waals surface area contributed by atoms with Gasteiger partial charge in [-0.3, -0.25) is 4.79 Å². The molecule has 28 heavy (non-hydrogen) atoms. The van der Waals surface area contributed by atoms with Gasteiger partial charge in [-0.1, -0.05) is 48.5 Å². The van der Waals surface area contributed by atoms with E-state index in [0.717, 1.165) is 37.6 Å². The van der Waals surface area contributed by atoms with Crippen LogP contribution in [0.25, 0.3) is 5.57 Å². The zero-order valence-corrected chi connectivity index (χ0v) is 18.4. The average Bonchev–Trinajstić information content (AvgIpc) is 2.72. The summed E-state index contributed by atoms with van der Waals surface area (Å²) in [5.41, 5.74) is 9.55. The first-order valence-corrected chi connectivity index (χ1v) is 9.34. The van der Waals surface area contributed by atoms with Gasteiger partial charge in [0.2, 0.25) is 5.91 Å². The normalized spacial score (nSPS) is 14.1. The molecule has 148 valence electrons. The zero-order chi connectivity index (χ0) is 19.1. The minimum absolute atomic E-state index is 0. The molecule has 0 bridgehead atoms. The fraction of sp³-hybridized carbons (Fsp3) is 0.273. The van der Waals surface area contributed by atoms with Gasteiger partial charge < -0.3 is 16.0 Å². The van der Waals surface area contributed by atoms with Crippen molar-refractivity contribution in [3.63, 3.8) is 0 Å². The number of amides is 1. The lowest BCUT2D eigenvalue weighted by Gasteiger charge is -2.30. The highest BCUT2D eigenvalue weighted by Gasteiger charge is 2.16. The quantitative estimate of drug-likeness (QED) is 0.382. The van der Waals surface area contributed by atoms with Gasteiger partial charge in [0, 0.05) is 25.2 Å². The number of benzene rings is 2. The van der Waals surface area contributed by atoms with Crippen LogP contribution in [0, 0.1) is 0 Å². The second-order valence-electron chi connectivity index (χ2n) is 6.52. The topological polar surface area (TPSA) is 70.7 Å². The first-order chi connectivity index (χ1) is 13.2. The van der Waals surface area contributed by atoms with Crippen LogP contribution in [0.15, 0.2) is 65.7 Å². The molecule has 0 radical (unpaired) electrons. The van der Waals surface area contributed by atoms with Crippen LogP contribution >= 0.6 is 24.0 Å². The number of aliphatic imine (C=N–C) groups is 1. The Bertz CT molecular complexity index is 831. The smallest absolute Gasteiger partial charge is 0.248 e. The minimum atomic E-state index is -0.410.